The lowest BCUT2D eigenvalue weighted by Gasteiger charge is -2.11. The number of hydrogen-bond acceptors (Lipinski definition) is 5. The van der Waals surface area contributed by atoms with Crippen LogP contribution >= 0.6 is 11.8 Å². The van der Waals surface area contributed by atoms with Crippen LogP contribution in [0.4, 0.5) is 4.39 Å². The van der Waals surface area contributed by atoms with Crippen LogP contribution in [0.2, 0.25) is 0 Å². The van der Waals surface area contributed by atoms with Crippen molar-refractivity contribution in [3.8, 4) is 11.4 Å². The average molecular weight is 371 g/mol. The van der Waals surface area contributed by atoms with Crippen molar-refractivity contribution in [2.45, 2.75) is 30.8 Å². The van der Waals surface area contributed by atoms with Gasteiger partial charge in [-0.2, -0.15) is 0 Å². The first-order valence-corrected chi connectivity index (χ1v) is 8.94. The molecule has 0 amide bonds. The molecule has 7 heteroatoms. The fourth-order valence-electron chi connectivity index (χ4n) is 2.55. The quantitative estimate of drug-likeness (QED) is 0.347. The molecule has 0 aliphatic carbocycles. The molecule has 0 N–H and O–H groups in total. The van der Waals surface area contributed by atoms with Crippen molar-refractivity contribution >= 4 is 17.5 Å². The van der Waals surface area contributed by atoms with Crippen molar-refractivity contribution in [2.75, 3.05) is 0 Å². The summed E-state index contributed by atoms with van der Waals surface area (Å²) in [6.45, 7) is 7.94. The van der Waals surface area contributed by atoms with E-state index in [4.69, 9.17) is 4.42 Å². The molecule has 0 aliphatic rings. The van der Waals surface area contributed by atoms with E-state index in [1.54, 1.807) is 19.3 Å². The fourth-order valence-corrected chi connectivity index (χ4v) is 3.48. The smallest absolute Gasteiger partial charge is 0.192 e. The normalized spacial score (nSPS) is 12.1. The number of carbonyl (C=O) groups is 1. The fraction of sp³-hybridized carbons (Fsp3) is 0.211. The number of aryl methyl sites for hydroxylation is 1. The van der Waals surface area contributed by atoms with Crippen molar-refractivity contribution in [3.05, 3.63) is 66.4 Å². The van der Waals surface area contributed by atoms with Crippen LogP contribution < -0.4 is 0 Å². The summed E-state index contributed by atoms with van der Waals surface area (Å²) in [5.41, 5.74) is 1.32. The van der Waals surface area contributed by atoms with Crippen molar-refractivity contribution in [3.63, 3.8) is 0 Å². The Hall–Kier alpha value is -2.67. The summed E-state index contributed by atoms with van der Waals surface area (Å²) in [6, 6.07) is 7.38. The zero-order chi connectivity index (χ0) is 18.7. The van der Waals surface area contributed by atoms with Gasteiger partial charge in [0.15, 0.2) is 16.8 Å². The SMILES string of the molecule is C=CCn1c(S[C@@H](C)C(=O)c2ccc(F)cc2)nnc1-c1ccoc1C. The molecule has 0 fully saturated rings. The van der Waals surface area contributed by atoms with E-state index in [0.29, 0.717) is 23.1 Å². The average Bonchev–Trinajstić information content (AvgIpc) is 3.21. The van der Waals surface area contributed by atoms with Crippen LogP contribution in [-0.4, -0.2) is 25.8 Å². The van der Waals surface area contributed by atoms with Crippen LogP contribution in [0.15, 0.2) is 58.8 Å². The van der Waals surface area contributed by atoms with Gasteiger partial charge in [-0.3, -0.25) is 9.36 Å². The molecule has 5 nitrogen and oxygen atoms in total. The highest BCUT2D eigenvalue weighted by atomic mass is 32.2. The van der Waals surface area contributed by atoms with E-state index in [1.807, 2.05) is 17.6 Å². The van der Waals surface area contributed by atoms with E-state index in [2.05, 4.69) is 16.8 Å². The van der Waals surface area contributed by atoms with Crippen LogP contribution in [0.5, 0.6) is 0 Å². The maximum absolute atomic E-state index is 13.1. The number of Topliss-reactive ketones (excluding diaryl/α,β-unsaturated/α-hetero) is 1. The van der Waals surface area contributed by atoms with Gasteiger partial charge in [-0.1, -0.05) is 17.8 Å². The molecule has 0 unspecified atom stereocenters. The van der Waals surface area contributed by atoms with E-state index in [-0.39, 0.29) is 11.6 Å². The second-order valence-corrected chi connectivity index (χ2v) is 7.04. The standard InChI is InChI=1S/C19H18FN3O2S/c1-4-10-23-18(16-9-11-25-12(16)2)21-22-19(23)26-13(3)17(24)14-5-7-15(20)8-6-14/h4-9,11,13H,1,10H2,2-3H3/t13-/m0/s1. The Kier molecular flexibility index (Phi) is 5.37. The summed E-state index contributed by atoms with van der Waals surface area (Å²) in [6.07, 6.45) is 3.35. The van der Waals surface area contributed by atoms with Crippen molar-refractivity contribution in [1.29, 1.82) is 0 Å². The Morgan fingerprint density at radius 3 is 2.69 bits per heavy atom. The minimum atomic E-state index is -0.397. The predicted molar refractivity (Wildman–Crippen MR) is 98.7 cm³/mol. The van der Waals surface area contributed by atoms with Gasteiger partial charge in [-0.15, -0.1) is 16.8 Å². The highest BCUT2D eigenvalue weighted by Gasteiger charge is 2.22. The predicted octanol–water partition coefficient (Wildman–Crippen LogP) is 4.54. The third-order valence-electron chi connectivity index (χ3n) is 3.91. The molecule has 0 aliphatic heterocycles. The molecule has 0 saturated carbocycles. The van der Waals surface area contributed by atoms with Gasteiger partial charge >= 0.3 is 0 Å². The first-order valence-electron chi connectivity index (χ1n) is 8.06. The zero-order valence-electron chi connectivity index (χ0n) is 14.5. The molecule has 0 spiro atoms. The highest BCUT2D eigenvalue weighted by molar-refractivity contribution is 8.00. The maximum Gasteiger partial charge on any atom is 0.192 e. The summed E-state index contributed by atoms with van der Waals surface area (Å²) in [5.74, 6) is 0.951. The monoisotopic (exact) mass is 371 g/mol. The summed E-state index contributed by atoms with van der Waals surface area (Å²) >= 11 is 1.31. The highest BCUT2D eigenvalue weighted by Crippen LogP contribution is 2.30. The van der Waals surface area contributed by atoms with Gasteiger partial charge in [-0.25, -0.2) is 4.39 Å². The number of nitrogens with zero attached hydrogens (tertiary/aromatic N) is 3. The number of benzene rings is 1. The van der Waals surface area contributed by atoms with E-state index < -0.39 is 5.25 Å². The third-order valence-corrected chi connectivity index (χ3v) is 4.99. The first kappa shape index (κ1) is 18.1. The second-order valence-electron chi connectivity index (χ2n) is 5.73. The van der Waals surface area contributed by atoms with E-state index in [9.17, 15) is 9.18 Å². The molecule has 0 saturated heterocycles. The summed E-state index contributed by atoms with van der Waals surface area (Å²) in [5, 5.41) is 8.71. The van der Waals surface area contributed by atoms with Gasteiger partial charge in [0, 0.05) is 12.1 Å². The van der Waals surface area contributed by atoms with Gasteiger partial charge in [0.1, 0.15) is 11.6 Å². The lowest BCUT2D eigenvalue weighted by atomic mass is 10.1. The Balaban J connectivity index is 1.86. The molecule has 2 aromatic heterocycles. The van der Waals surface area contributed by atoms with Crippen LogP contribution in [0.1, 0.15) is 23.0 Å². The Morgan fingerprint density at radius 2 is 2.08 bits per heavy atom. The van der Waals surface area contributed by atoms with Crippen molar-refractivity contribution in [1.82, 2.24) is 14.8 Å². The number of hydrogen-bond donors (Lipinski definition) is 0. The van der Waals surface area contributed by atoms with Crippen LogP contribution in [0.3, 0.4) is 0 Å². The number of allylic oxidation sites excluding steroid dienone is 1. The molecule has 1 atom stereocenters. The molecule has 2 heterocycles. The number of thioether (sulfide) groups is 1. The van der Waals surface area contributed by atoms with Crippen LogP contribution in [0, 0.1) is 12.7 Å². The van der Waals surface area contributed by atoms with Crippen LogP contribution in [-0.2, 0) is 6.54 Å². The molecule has 0 radical (unpaired) electrons. The number of furan rings is 1. The Bertz CT molecular complexity index is 931. The minimum Gasteiger partial charge on any atom is -0.469 e. The number of rotatable bonds is 7. The van der Waals surface area contributed by atoms with Gasteiger partial charge in [0.05, 0.1) is 17.1 Å². The summed E-state index contributed by atoms with van der Waals surface area (Å²) in [7, 11) is 0. The second kappa shape index (κ2) is 7.70. The lowest BCUT2D eigenvalue weighted by Crippen LogP contribution is -2.15. The summed E-state index contributed by atoms with van der Waals surface area (Å²) < 4.78 is 20.3. The zero-order valence-corrected chi connectivity index (χ0v) is 15.3. The first-order chi connectivity index (χ1) is 12.5. The number of ketones is 1. The van der Waals surface area contributed by atoms with Crippen LogP contribution in [0.25, 0.3) is 11.4 Å². The van der Waals surface area contributed by atoms with Gasteiger partial charge < -0.3 is 4.42 Å². The molecule has 1 aromatic carbocycles. The van der Waals surface area contributed by atoms with Gasteiger partial charge in [0.2, 0.25) is 0 Å². The molecular formula is C19H18FN3O2S. The molecule has 0 bridgehead atoms. The minimum absolute atomic E-state index is 0.0933. The van der Waals surface area contributed by atoms with E-state index in [1.165, 1.54) is 36.0 Å². The molecular weight excluding hydrogens is 353 g/mol. The Labute approximate surface area is 154 Å². The van der Waals surface area contributed by atoms with Crippen molar-refractivity contribution in [2.24, 2.45) is 0 Å². The maximum atomic E-state index is 13.1. The molecule has 134 valence electrons. The van der Waals surface area contributed by atoms with Crippen molar-refractivity contribution < 1.29 is 13.6 Å². The van der Waals surface area contributed by atoms with E-state index >= 15 is 0 Å². The van der Waals surface area contributed by atoms with Gasteiger partial charge in [0.25, 0.3) is 0 Å². The topological polar surface area (TPSA) is 60.9 Å². The number of carbonyl (C=O) groups excluding carboxylic acids is 1. The summed E-state index contributed by atoms with van der Waals surface area (Å²) in [4.78, 5) is 12.6. The number of aromatic nitrogens is 3. The Morgan fingerprint density at radius 1 is 1.35 bits per heavy atom. The lowest BCUT2D eigenvalue weighted by molar-refractivity contribution is 0.0994. The van der Waals surface area contributed by atoms with Gasteiger partial charge in [-0.05, 0) is 44.2 Å². The molecule has 3 rings (SSSR count). The molecule has 26 heavy (non-hydrogen) atoms. The van der Waals surface area contributed by atoms with E-state index in [0.717, 1.165) is 11.3 Å². The number of halogens is 1. The molecule has 3 aromatic rings. The largest absolute Gasteiger partial charge is 0.469 e. The third kappa shape index (κ3) is 3.62.